The Labute approximate surface area is 115 Å². The summed E-state index contributed by atoms with van der Waals surface area (Å²) in [5.74, 6) is 0. The Balaban J connectivity index is 3.12. The lowest BCUT2D eigenvalue weighted by molar-refractivity contribution is 0.364. The van der Waals surface area contributed by atoms with Gasteiger partial charge in [0, 0.05) is 16.8 Å². The summed E-state index contributed by atoms with van der Waals surface area (Å²) in [6.07, 6.45) is 0.708. The number of halogens is 5. The van der Waals surface area contributed by atoms with Crippen molar-refractivity contribution in [3.05, 3.63) is 36.5 Å². The number of allylic oxidation sites excluding steroid dienone is 1. The SMILES string of the molecule is C=C(Nc1cccc(S(F)(F)(F)(F)F)c1)C(C)(C)CC. The van der Waals surface area contributed by atoms with Crippen molar-refractivity contribution in [3.8, 4) is 0 Å². The van der Waals surface area contributed by atoms with Crippen LogP contribution < -0.4 is 5.32 Å². The van der Waals surface area contributed by atoms with Crippen molar-refractivity contribution in [2.75, 3.05) is 5.32 Å². The molecule has 0 heterocycles. The van der Waals surface area contributed by atoms with E-state index in [4.69, 9.17) is 0 Å². The molecule has 1 aromatic rings. The van der Waals surface area contributed by atoms with Crippen molar-refractivity contribution < 1.29 is 19.4 Å². The quantitative estimate of drug-likeness (QED) is 0.596. The van der Waals surface area contributed by atoms with E-state index in [1.807, 2.05) is 20.8 Å². The van der Waals surface area contributed by atoms with Gasteiger partial charge in [-0.15, -0.1) is 0 Å². The fraction of sp³-hybridized carbons (Fsp3) is 0.385. The van der Waals surface area contributed by atoms with Crippen LogP contribution >= 0.6 is 10.2 Å². The molecular formula is C13H18F5NS. The van der Waals surface area contributed by atoms with Gasteiger partial charge in [0.2, 0.25) is 0 Å². The molecule has 0 fully saturated rings. The van der Waals surface area contributed by atoms with Crippen molar-refractivity contribution in [2.45, 2.75) is 32.1 Å². The standard InChI is InChI=1S/C13H18F5NS/c1-5-13(3,4)10(2)19-11-7-6-8-12(9-11)20(14,15,16,17)18/h6-9,19H,2,5H2,1,3-4H3. The first-order valence-electron chi connectivity index (χ1n) is 5.96. The Hall–Kier alpha value is -1.24. The van der Waals surface area contributed by atoms with Crippen LogP contribution in [-0.2, 0) is 0 Å². The molecule has 0 spiro atoms. The molecule has 0 saturated heterocycles. The molecule has 0 saturated carbocycles. The van der Waals surface area contributed by atoms with Crippen LogP contribution in [0.2, 0.25) is 0 Å². The Morgan fingerprint density at radius 3 is 2.20 bits per heavy atom. The Morgan fingerprint density at radius 1 is 1.20 bits per heavy atom. The second kappa shape index (κ2) is 4.13. The fourth-order valence-electron chi connectivity index (χ4n) is 1.37. The zero-order valence-corrected chi connectivity index (χ0v) is 12.3. The second-order valence-corrected chi connectivity index (χ2v) is 7.75. The molecule has 0 radical (unpaired) electrons. The van der Waals surface area contributed by atoms with E-state index in [9.17, 15) is 19.4 Å². The third kappa shape index (κ3) is 4.13. The number of rotatable bonds is 5. The van der Waals surface area contributed by atoms with E-state index in [1.54, 1.807) is 0 Å². The minimum Gasteiger partial charge on any atom is -0.359 e. The van der Waals surface area contributed by atoms with E-state index in [2.05, 4.69) is 11.9 Å². The molecule has 0 bridgehead atoms. The summed E-state index contributed by atoms with van der Waals surface area (Å²) in [6, 6.07) is 3.03. The van der Waals surface area contributed by atoms with Gasteiger partial charge in [0.05, 0.1) is 0 Å². The molecular weight excluding hydrogens is 297 g/mol. The smallest absolute Gasteiger partial charge is 0.310 e. The number of anilines is 1. The van der Waals surface area contributed by atoms with Crippen molar-refractivity contribution in [1.82, 2.24) is 0 Å². The molecule has 20 heavy (non-hydrogen) atoms. The Kier molecular flexibility index (Phi) is 3.47. The number of hydrogen-bond donors (Lipinski definition) is 1. The summed E-state index contributed by atoms with van der Waals surface area (Å²) in [5.41, 5.74) is 0.0617. The molecule has 116 valence electrons. The average molecular weight is 315 g/mol. The monoisotopic (exact) mass is 315 g/mol. The summed E-state index contributed by atoms with van der Waals surface area (Å²) in [5, 5.41) is 2.67. The minimum absolute atomic E-state index is 0.0534. The normalized spacial score (nSPS) is 16.2. The van der Waals surface area contributed by atoms with Gasteiger partial charge in [-0.25, -0.2) is 0 Å². The van der Waals surface area contributed by atoms with Gasteiger partial charge in [-0.3, -0.25) is 0 Å². The third-order valence-electron chi connectivity index (χ3n) is 3.28. The van der Waals surface area contributed by atoms with Crippen LogP contribution in [-0.4, -0.2) is 0 Å². The predicted molar refractivity (Wildman–Crippen MR) is 74.7 cm³/mol. The molecule has 0 unspecified atom stereocenters. The van der Waals surface area contributed by atoms with E-state index in [0.717, 1.165) is 6.07 Å². The highest BCUT2D eigenvalue weighted by Gasteiger charge is 2.65. The molecule has 0 aliphatic carbocycles. The molecule has 0 aromatic heterocycles. The van der Waals surface area contributed by atoms with Crippen molar-refractivity contribution >= 4 is 15.9 Å². The lowest BCUT2D eigenvalue weighted by Gasteiger charge is -2.40. The summed E-state index contributed by atoms with van der Waals surface area (Å²) in [6.45, 7) is 9.37. The molecule has 0 aliphatic heterocycles. The number of nitrogens with one attached hydrogen (secondary N) is 1. The Bertz CT molecular complexity index is 533. The van der Waals surface area contributed by atoms with Crippen molar-refractivity contribution in [1.29, 1.82) is 0 Å². The van der Waals surface area contributed by atoms with Crippen LogP contribution in [0.3, 0.4) is 0 Å². The molecule has 1 rings (SSSR count). The van der Waals surface area contributed by atoms with Gasteiger partial charge in [0.25, 0.3) is 0 Å². The third-order valence-corrected chi connectivity index (χ3v) is 4.42. The number of hydrogen-bond acceptors (Lipinski definition) is 1. The van der Waals surface area contributed by atoms with Crippen LogP contribution in [0.4, 0.5) is 25.1 Å². The summed E-state index contributed by atoms with van der Waals surface area (Å²) < 4.78 is 63.6. The number of benzene rings is 1. The zero-order chi connectivity index (χ0) is 15.9. The Morgan fingerprint density at radius 2 is 1.75 bits per heavy atom. The first-order chi connectivity index (χ1) is 8.65. The van der Waals surface area contributed by atoms with E-state index in [-0.39, 0.29) is 11.1 Å². The maximum absolute atomic E-state index is 12.7. The van der Waals surface area contributed by atoms with E-state index in [1.165, 1.54) is 6.07 Å². The highest BCUT2D eigenvalue weighted by atomic mass is 32.5. The summed E-state index contributed by atoms with van der Waals surface area (Å²) in [7, 11) is -9.65. The van der Waals surface area contributed by atoms with Gasteiger partial charge in [-0.2, -0.15) is 0 Å². The molecule has 0 amide bonds. The van der Waals surface area contributed by atoms with Gasteiger partial charge in [0.1, 0.15) is 4.90 Å². The highest BCUT2D eigenvalue weighted by Crippen LogP contribution is 3.02. The fourth-order valence-corrected chi connectivity index (χ4v) is 2.06. The highest BCUT2D eigenvalue weighted by molar-refractivity contribution is 8.45. The van der Waals surface area contributed by atoms with Crippen molar-refractivity contribution in [3.63, 3.8) is 0 Å². The summed E-state index contributed by atoms with van der Waals surface area (Å²) >= 11 is 0. The van der Waals surface area contributed by atoms with Crippen LogP contribution in [0.1, 0.15) is 27.2 Å². The van der Waals surface area contributed by atoms with E-state index >= 15 is 0 Å². The van der Waals surface area contributed by atoms with E-state index in [0.29, 0.717) is 24.3 Å². The van der Waals surface area contributed by atoms with Crippen LogP contribution in [0.15, 0.2) is 41.4 Å². The van der Waals surface area contributed by atoms with Gasteiger partial charge >= 0.3 is 10.2 Å². The molecule has 0 aliphatic rings. The topological polar surface area (TPSA) is 12.0 Å². The van der Waals surface area contributed by atoms with E-state index < -0.39 is 15.1 Å². The van der Waals surface area contributed by atoms with Gasteiger partial charge in [0.15, 0.2) is 0 Å². The summed E-state index contributed by atoms with van der Waals surface area (Å²) in [4.78, 5) is -1.91. The molecule has 1 N–H and O–H groups in total. The molecule has 7 heteroatoms. The lowest BCUT2D eigenvalue weighted by Crippen LogP contribution is -2.19. The van der Waals surface area contributed by atoms with Crippen LogP contribution in [0, 0.1) is 5.41 Å². The van der Waals surface area contributed by atoms with Crippen molar-refractivity contribution in [2.24, 2.45) is 5.41 Å². The predicted octanol–water partition coefficient (Wildman–Crippen LogP) is 6.71. The van der Waals surface area contributed by atoms with Gasteiger partial charge < -0.3 is 5.32 Å². The lowest BCUT2D eigenvalue weighted by atomic mass is 9.87. The van der Waals surface area contributed by atoms with Gasteiger partial charge in [-0.05, 0) is 24.6 Å². The molecule has 0 atom stereocenters. The first-order valence-corrected chi connectivity index (χ1v) is 7.91. The largest absolute Gasteiger partial charge is 0.359 e. The zero-order valence-electron chi connectivity index (χ0n) is 11.5. The maximum Gasteiger partial charge on any atom is 0.310 e. The average Bonchev–Trinajstić information content (AvgIpc) is 2.26. The second-order valence-electron chi connectivity index (χ2n) is 5.34. The molecule has 1 aromatic carbocycles. The molecule has 1 nitrogen and oxygen atoms in total. The minimum atomic E-state index is -9.65. The van der Waals surface area contributed by atoms with Crippen LogP contribution in [0.5, 0.6) is 0 Å². The maximum atomic E-state index is 12.7. The first kappa shape index (κ1) is 16.8. The van der Waals surface area contributed by atoms with Gasteiger partial charge in [-0.1, -0.05) is 52.8 Å². The van der Waals surface area contributed by atoms with Crippen LogP contribution in [0.25, 0.3) is 0 Å².